The molecule has 0 radical (unpaired) electrons. The Bertz CT molecular complexity index is 298. The van der Waals surface area contributed by atoms with Gasteiger partial charge in [0.25, 0.3) is 5.91 Å². The van der Waals surface area contributed by atoms with E-state index in [0.29, 0.717) is 0 Å². The van der Waals surface area contributed by atoms with Gasteiger partial charge in [0.1, 0.15) is 17.7 Å². The monoisotopic (exact) mass is 184 g/mol. The first-order valence-corrected chi connectivity index (χ1v) is 3.70. The van der Waals surface area contributed by atoms with Gasteiger partial charge in [0, 0.05) is 0 Å². The van der Waals surface area contributed by atoms with Crippen molar-refractivity contribution in [1.82, 2.24) is 4.98 Å². The standard InChI is InChI=1S/C8H9FN2O2/c1-5(12)8(13)11-7-3-2-6(9)4-10-7/h2-5,12H,1H3,(H,10,11,13)/t5-/m1/s1. The number of anilines is 1. The van der Waals surface area contributed by atoms with Crippen LogP contribution in [-0.4, -0.2) is 22.1 Å². The van der Waals surface area contributed by atoms with Crippen molar-refractivity contribution < 1.29 is 14.3 Å². The molecule has 70 valence electrons. The molecule has 0 saturated heterocycles. The van der Waals surface area contributed by atoms with Crippen molar-refractivity contribution >= 4 is 11.7 Å². The smallest absolute Gasteiger partial charge is 0.254 e. The number of nitrogens with one attached hydrogen (secondary N) is 1. The summed E-state index contributed by atoms with van der Waals surface area (Å²) in [5, 5.41) is 11.1. The van der Waals surface area contributed by atoms with Gasteiger partial charge in [-0.15, -0.1) is 0 Å². The summed E-state index contributed by atoms with van der Waals surface area (Å²) < 4.78 is 12.4. The summed E-state index contributed by atoms with van der Waals surface area (Å²) in [5.41, 5.74) is 0. The summed E-state index contributed by atoms with van der Waals surface area (Å²) in [4.78, 5) is 14.5. The minimum Gasteiger partial charge on any atom is -0.384 e. The molecule has 0 saturated carbocycles. The molecule has 5 heteroatoms. The fraction of sp³-hybridized carbons (Fsp3) is 0.250. The summed E-state index contributed by atoms with van der Waals surface area (Å²) in [6.07, 6.45) is -0.121. The molecule has 1 aromatic rings. The summed E-state index contributed by atoms with van der Waals surface area (Å²) in [7, 11) is 0. The van der Waals surface area contributed by atoms with E-state index in [1.165, 1.54) is 19.1 Å². The van der Waals surface area contributed by atoms with Crippen LogP contribution >= 0.6 is 0 Å². The molecule has 4 nitrogen and oxygen atoms in total. The minimum absolute atomic E-state index is 0.215. The zero-order chi connectivity index (χ0) is 9.84. The largest absolute Gasteiger partial charge is 0.384 e. The molecule has 0 spiro atoms. The van der Waals surface area contributed by atoms with Gasteiger partial charge in [0.05, 0.1) is 6.20 Å². The van der Waals surface area contributed by atoms with Crippen LogP contribution in [0.2, 0.25) is 0 Å². The number of aliphatic hydroxyl groups is 1. The number of aromatic nitrogens is 1. The fourth-order valence-electron chi connectivity index (χ4n) is 0.680. The van der Waals surface area contributed by atoms with Crippen molar-refractivity contribution in [2.45, 2.75) is 13.0 Å². The maximum atomic E-state index is 12.4. The molecule has 1 aromatic heterocycles. The van der Waals surface area contributed by atoms with Crippen LogP contribution in [0, 0.1) is 5.82 Å². The van der Waals surface area contributed by atoms with Crippen molar-refractivity contribution in [2.24, 2.45) is 0 Å². The Labute approximate surface area is 74.4 Å². The molecule has 0 bridgehead atoms. The third-order valence-corrected chi connectivity index (χ3v) is 1.36. The van der Waals surface area contributed by atoms with E-state index in [0.717, 1.165) is 6.20 Å². The molecule has 0 fully saturated rings. The van der Waals surface area contributed by atoms with Gasteiger partial charge in [-0.05, 0) is 19.1 Å². The number of pyridine rings is 1. The molecule has 1 atom stereocenters. The van der Waals surface area contributed by atoms with Crippen molar-refractivity contribution in [1.29, 1.82) is 0 Å². The quantitative estimate of drug-likeness (QED) is 0.705. The van der Waals surface area contributed by atoms with E-state index in [2.05, 4.69) is 10.3 Å². The highest BCUT2D eigenvalue weighted by Gasteiger charge is 2.08. The summed E-state index contributed by atoms with van der Waals surface area (Å²) in [5.74, 6) is -0.832. The fourth-order valence-corrected chi connectivity index (χ4v) is 0.680. The number of carbonyl (C=O) groups excluding carboxylic acids is 1. The number of carbonyl (C=O) groups is 1. The second kappa shape index (κ2) is 3.95. The normalized spacial score (nSPS) is 12.2. The zero-order valence-electron chi connectivity index (χ0n) is 6.99. The number of hydrogen-bond donors (Lipinski definition) is 2. The predicted octanol–water partition coefficient (Wildman–Crippen LogP) is 0.540. The van der Waals surface area contributed by atoms with E-state index in [-0.39, 0.29) is 5.82 Å². The number of amides is 1. The Morgan fingerprint density at radius 2 is 2.38 bits per heavy atom. The topological polar surface area (TPSA) is 62.2 Å². The maximum Gasteiger partial charge on any atom is 0.254 e. The highest BCUT2D eigenvalue weighted by atomic mass is 19.1. The first-order valence-electron chi connectivity index (χ1n) is 3.70. The van der Waals surface area contributed by atoms with E-state index in [4.69, 9.17) is 5.11 Å². The van der Waals surface area contributed by atoms with E-state index >= 15 is 0 Å². The lowest BCUT2D eigenvalue weighted by Crippen LogP contribution is -2.24. The second-order valence-electron chi connectivity index (χ2n) is 2.53. The lowest BCUT2D eigenvalue weighted by Gasteiger charge is -2.05. The Morgan fingerprint density at radius 3 is 2.85 bits per heavy atom. The van der Waals surface area contributed by atoms with Gasteiger partial charge in [-0.25, -0.2) is 9.37 Å². The highest BCUT2D eigenvalue weighted by Crippen LogP contribution is 2.03. The molecule has 2 N–H and O–H groups in total. The average molecular weight is 184 g/mol. The van der Waals surface area contributed by atoms with Gasteiger partial charge in [-0.3, -0.25) is 4.79 Å². The molecular formula is C8H9FN2O2. The number of aliphatic hydroxyl groups excluding tert-OH is 1. The second-order valence-corrected chi connectivity index (χ2v) is 2.53. The van der Waals surface area contributed by atoms with Crippen LogP contribution in [-0.2, 0) is 4.79 Å². The van der Waals surface area contributed by atoms with Crippen molar-refractivity contribution in [2.75, 3.05) is 5.32 Å². The van der Waals surface area contributed by atoms with Crippen LogP contribution in [0.4, 0.5) is 10.2 Å². The minimum atomic E-state index is -1.10. The van der Waals surface area contributed by atoms with Crippen LogP contribution in [0.25, 0.3) is 0 Å². The Hall–Kier alpha value is -1.49. The third-order valence-electron chi connectivity index (χ3n) is 1.36. The number of halogens is 1. The third kappa shape index (κ3) is 2.79. The van der Waals surface area contributed by atoms with Gasteiger partial charge >= 0.3 is 0 Å². The summed E-state index contributed by atoms with van der Waals surface area (Å²) in [6.45, 7) is 1.33. The van der Waals surface area contributed by atoms with Gasteiger partial charge in [0.2, 0.25) is 0 Å². The first kappa shape index (κ1) is 9.60. The van der Waals surface area contributed by atoms with Crippen LogP contribution < -0.4 is 5.32 Å². The lowest BCUT2D eigenvalue weighted by molar-refractivity contribution is -0.123. The number of hydrogen-bond acceptors (Lipinski definition) is 3. The number of rotatable bonds is 2. The van der Waals surface area contributed by atoms with Crippen LogP contribution in [0.5, 0.6) is 0 Å². The van der Waals surface area contributed by atoms with E-state index in [1.54, 1.807) is 0 Å². The predicted molar refractivity (Wildman–Crippen MR) is 44.5 cm³/mol. The van der Waals surface area contributed by atoms with Gasteiger partial charge in [-0.2, -0.15) is 0 Å². The van der Waals surface area contributed by atoms with E-state index < -0.39 is 17.8 Å². The van der Waals surface area contributed by atoms with Crippen molar-refractivity contribution in [3.05, 3.63) is 24.1 Å². The van der Waals surface area contributed by atoms with Gasteiger partial charge in [0.15, 0.2) is 0 Å². The highest BCUT2D eigenvalue weighted by molar-refractivity contribution is 5.92. The average Bonchev–Trinajstić information content (AvgIpc) is 2.08. The van der Waals surface area contributed by atoms with Gasteiger partial charge < -0.3 is 10.4 Å². The van der Waals surface area contributed by atoms with E-state index in [1.807, 2.05) is 0 Å². The zero-order valence-corrected chi connectivity index (χ0v) is 6.99. The summed E-state index contributed by atoms with van der Waals surface area (Å²) in [6, 6.07) is 2.49. The van der Waals surface area contributed by atoms with Crippen molar-refractivity contribution in [3.63, 3.8) is 0 Å². The molecule has 0 aliphatic heterocycles. The molecule has 0 aromatic carbocycles. The molecule has 0 aliphatic carbocycles. The molecule has 13 heavy (non-hydrogen) atoms. The molecule has 1 heterocycles. The summed E-state index contributed by atoms with van der Waals surface area (Å²) >= 11 is 0. The number of nitrogens with zero attached hydrogens (tertiary/aromatic N) is 1. The first-order chi connectivity index (χ1) is 6.09. The molecule has 0 aliphatic rings. The maximum absolute atomic E-state index is 12.4. The molecule has 1 rings (SSSR count). The molecule has 1 amide bonds. The Morgan fingerprint density at radius 1 is 1.69 bits per heavy atom. The Kier molecular flexibility index (Phi) is 2.92. The van der Waals surface area contributed by atoms with Crippen molar-refractivity contribution in [3.8, 4) is 0 Å². The van der Waals surface area contributed by atoms with E-state index in [9.17, 15) is 9.18 Å². The van der Waals surface area contributed by atoms with Gasteiger partial charge in [-0.1, -0.05) is 0 Å². The van der Waals surface area contributed by atoms with Crippen LogP contribution in [0.15, 0.2) is 18.3 Å². The molecule has 0 unspecified atom stereocenters. The van der Waals surface area contributed by atoms with Crippen LogP contribution in [0.3, 0.4) is 0 Å². The lowest BCUT2D eigenvalue weighted by atomic mass is 10.3. The van der Waals surface area contributed by atoms with Crippen LogP contribution in [0.1, 0.15) is 6.92 Å². The molecular weight excluding hydrogens is 175 g/mol. The Balaban J connectivity index is 2.65. The SMILES string of the molecule is C[C@@H](O)C(=O)Nc1ccc(F)cn1.